The van der Waals surface area contributed by atoms with Crippen LogP contribution in [0.3, 0.4) is 0 Å². The second-order valence-electron chi connectivity index (χ2n) is 6.92. The monoisotopic (exact) mass is 372 g/mol. The van der Waals surface area contributed by atoms with E-state index in [1.807, 2.05) is 31.2 Å². The molecule has 1 aliphatic carbocycles. The molecule has 1 aromatic heterocycles. The molecule has 0 radical (unpaired) electrons. The molecule has 2 atom stereocenters. The Balaban J connectivity index is 1.52. The first-order valence-electron chi connectivity index (χ1n) is 9.02. The van der Waals surface area contributed by atoms with Gasteiger partial charge in [-0.25, -0.2) is 9.78 Å². The van der Waals surface area contributed by atoms with Gasteiger partial charge < -0.3 is 10.1 Å². The van der Waals surface area contributed by atoms with Gasteiger partial charge in [0.1, 0.15) is 5.01 Å². The molecule has 1 saturated carbocycles. The maximum absolute atomic E-state index is 12.1. The Labute approximate surface area is 157 Å². The van der Waals surface area contributed by atoms with E-state index in [-0.39, 0.29) is 24.2 Å². The minimum Gasteiger partial charge on any atom is -0.451 e. The molecule has 0 saturated heterocycles. The number of aryl methyl sites for hydroxylation is 1. The average molecular weight is 372 g/mol. The summed E-state index contributed by atoms with van der Waals surface area (Å²) in [5.41, 5.74) is 2.37. The van der Waals surface area contributed by atoms with Crippen molar-refractivity contribution < 1.29 is 14.3 Å². The minimum atomic E-state index is -0.563. The zero-order valence-corrected chi connectivity index (χ0v) is 16.0. The first-order chi connectivity index (χ1) is 12.5. The molecule has 2 aromatic rings. The van der Waals surface area contributed by atoms with Crippen LogP contribution < -0.4 is 5.32 Å². The molecule has 1 heterocycles. The van der Waals surface area contributed by atoms with Crippen LogP contribution >= 0.6 is 11.3 Å². The maximum Gasteiger partial charge on any atom is 0.358 e. The molecule has 0 bridgehead atoms. The molecule has 1 N–H and O–H groups in total. The van der Waals surface area contributed by atoms with Gasteiger partial charge in [0.25, 0.3) is 5.91 Å². The number of hydrogen-bond acceptors (Lipinski definition) is 5. The SMILES string of the molecule is Cc1ccc(-c2nc(C(=O)OCC(=O)N[C@@H]3CCCC[C@@H]3C)cs2)cc1. The molecule has 5 nitrogen and oxygen atoms in total. The van der Waals surface area contributed by atoms with Crippen LogP contribution in [-0.4, -0.2) is 29.5 Å². The number of esters is 1. The lowest BCUT2D eigenvalue weighted by molar-refractivity contribution is -0.125. The number of ether oxygens (including phenoxy) is 1. The van der Waals surface area contributed by atoms with Crippen molar-refractivity contribution in [3.8, 4) is 10.6 Å². The van der Waals surface area contributed by atoms with Crippen molar-refractivity contribution in [2.45, 2.75) is 45.6 Å². The van der Waals surface area contributed by atoms with Crippen molar-refractivity contribution in [3.05, 3.63) is 40.9 Å². The summed E-state index contributed by atoms with van der Waals surface area (Å²) in [4.78, 5) is 28.5. The fourth-order valence-corrected chi connectivity index (χ4v) is 3.98. The van der Waals surface area contributed by atoms with Crippen molar-refractivity contribution in [2.24, 2.45) is 5.92 Å². The number of nitrogens with zero attached hydrogens (tertiary/aromatic N) is 1. The van der Waals surface area contributed by atoms with E-state index in [0.29, 0.717) is 5.92 Å². The smallest absolute Gasteiger partial charge is 0.358 e. The van der Waals surface area contributed by atoms with E-state index in [1.165, 1.54) is 23.3 Å². The molecule has 3 rings (SSSR count). The summed E-state index contributed by atoms with van der Waals surface area (Å²) in [7, 11) is 0. The van der Waals surface area contributed by atoms with E-state index in [2.05, 4.69) is 17.2 Å². The predicted octanol–water partition coefficient (Wildman–Crippen LogP) is 3.97. The summed E-state index contributed by atoms with van der Waals surface area (Å²) in [6.07, 6.45) is 4.48. The lowest BCUT2D eigenvalue weighted by Gasteiger charge is -2.29. The van der Waals surface area contributed by atoms with Crippen LogP contribution in [0.25, 0.3) is 10.6 Å². The fourth-order valence-electron chi connectivity index (χ4n) is 3.18. The Morgan fingerprint density at radius 3 is 2.69 bits per heavy atom. The molecule has 0 aliphatic heterocycles. The number of benzene rings is 1. The molecule has 6 heteroatoms. The van der Waals surface area contributed by atoms with Crippen molar-refractivity contribution in [1.82, 2.24) is 10.3 Å². The standard InChI is InChI=1S/C20H24N2O3S/c1-13-7-9-15(10-8-13)19-22-17(12-26-19)20(24)25-11-18(23)21-16-6-4-3-5-14(16)2/h7-10,12,14,16H,3-6,11H2,1-2H3,(H,21,23)/t14-,16+/m0/s1. The summed E-state index contributed by atoms with van der Waals surface area (Å²) in [6.45, 7) is 3.91. The number of thiazole rings is 1. The number of carbonyl (C=O) groups is 2. The molecule has 1 amide bonds. The topological polar surface area (TPSA) is 68.3 Å². The summed E-state index contributed by atoms with van der Waals surface area (Å²) in [5.74, 6) is -0.337. The first-order valence-corrected chi connectivity index (χ1v) is 9.90. The Morgan fingerprint density at radius 1 is 1.23 bits per heavy atom. The lowest BCUT2D eigenvalue weighted by atomic mass is 9.86. The zero-order chi connectivity index (χ0) is 18.5. The van der Waals surface area contributed by atoms with Crippen LogP contribution in [0.4, 0.5) is 0 Å². The quantitative estimate of drug-likeness (QED) is 0.807. The third kappa shape index (κ3) is 4.69. The van der Waals surface area contributed by atoms with Gasteiger partial charge in [-0.2, -0.15) is 0 Å². The number of nitrogens with one attached hydrogen (secondary N) is 1. The van der Waals surface area contributed by atoms with Gasteiger partial charge in [-0.3, -0.25) is 4.79 Å². The Kier molecular flexibility index (Phi) is 6.04. The van der Waals surface area contributed by atoms with Gasteiger partial charge >= 0.3 is 5.97 Å². The van der Waals surface area contributed by atoms with Gasteiger partial charge in [0.15, 0.2) is 12.3 Å². The normalized spacial score (nSPS) is 19.8. The third-order valence-corrected chi connectivity index (χ3v) is 5.70. The van der Waals surface area contributed by atoms with E-state index in [1.54, 1.807) is 5.38 Å². The number of carbonyl (C=O) groups excluding carboxylic acids is 2. The number of amides is 1. The molecule has 138 valence electrons. The minimum absolute atomic E-state index is 0.183. The van der Waals surface area contributed by atoms with Crippen LogP contribution in [-0.2, 0) is 9.53 Å². The highest BCUT2D eigenvalue weighted by Gasteiger charge is 2.23. The second-order valence-corrected chi connectivity index (χ2v) is 7.77. The first kappa shape index (κ1) is 18.6. The molecular weight excluding hydrogens is 348 g/mol. The summed E-state index contributed by atoms with van der Waals surface area (Å²) in [6, 6.07) is 8.14. The average Bonchev–Trinajstić information content (AvgIpc) is 3.12. The van der Waals surface area contributed by atoms with Crippen LogP contribution in [0.15, 0.2) is 29.6 Å². The third-order valence-electron chi connectivity index (χ3n) is 4.80. The van der Waals surface area contributed by atoms with E-state index in [9.17, 15) is 9.59 Å². The Bertz CT molecular complexity index is 770. The van der Waals surface area contributed by atoms with Crippen molar-refractivity contribution in [2.75, 3.05) is 6.61 Å². The van der Waals surface area contributed by atoms with Gasteiger partial charge in [0.2, 0.25) is 0 Å². The van der Waals surface area contributed by atoms with E-state index >= 15 is 0 Å². The van der Waals surface area contributed by atoms with Crippen molar-refractivity contribution in [1.29, 1.82) is 0 Å². The molecule has 1 fully saturated rings. The Morgan fingerprint density at radius 2 is 1.96 bits per heavy atom. The highest BCUT2D eigenvalue weighted by atomic mass is 32.1. The van der Waals surface area contributed by atoms with E-state index in [4.69, 9.17) is 4.74 Å². The molecule has 1 aliphatic rings. The highest BCUT2D eigenvalue weighted by molar-refractivity contribution is 7.13. The summed E-state index contributed by atoms with van der Waals surface area (Å²) >= 11 is 1.39. The molecular formula is C20H24N2O3S. The highest BCUT2D eigenvalue weighted by Crippen LogP contribution is 2.25. The van der Waals surface area contributed by atoms with Gasteiger partial charge in [0.05, 0.1) is 0 Å². The molecule has 0 unspecified atom stereocenters. The van der Waals surface area contributed by atoms with Gasteiger partial charge in [0, 0.05) is 17.0 Å². The van der Waals surface area contributed by atoms with Crippen LogP contribution in [0.5, 0.6) is 0 Å². The largest absolute Gasteiger partial charge is 0.451 e. The lowest BCUT2D eigenvalue weighted by Crippen LogP contribution is -2.42. The molecule has 26 heavy (non-hydrogen) atoms. The van der Waals surface area contributed by atoms with Crippen LogP contribution in [0, 0.1) is 12.8 Å². The Hall–Kier alpha value is -2.21. The number of aromatic nitrogens is 1. The van der Waals surface area contributed by atoms with E-state index in [0.717, 1.165) is 29.8 Å². The van der Waals surface area contributed by atoms with Gasteiger partial charge in [-0.1, -0.05) is 49.6 Å². The molecule has 1 aromatic carbocycles. The van der Waals surface area contributed by atoms with Crippen LogP contribution in [0.1, 0.15) is 48.7 Å². The molecule has 0 spiro atoms. The fraction of sp³-hybridized carbons (Fsp3) is 0.450. The van der Waals surface area contributed by atoms with Gasteiger partial charge in [-0.15, -0.1) is 11.3 Å². The van der Waals surface area contributed by atoms with E-state index < -0.39 is 5.97 Å². The zero-order valence-electron chi connectivity index (χ0n) is 15.2. The van der Waals surface area contributed by atoms with Crippen molar-refractivity contribution >= 4 is 23.2 Å². The maximum atomic E-state index is 12.1. The number of rotatable bonds is 5. The summed E-state index contributed by atoms with van der Waals surface area (Å²) in [5, 5.41) is 5.40. The van der Waals surface area contributed by atoms with Crippen LogP contribution in [0.2, 0.25) is 0 Å². The predicted molar refractivity (Wildman–Crippen MR) is 102 cm³/mol. The van der Waals surface area contributed by atoms with Crippen molar-refractivity contribution in [3.63, 3.8) is 0 Å². The second kappa shape index (κ2) is 8.45. The number of hydrogen-bond donors (Lipinski definition) is 1. The van der Waals surface area contributed by atoms with Gasteiger partial charge in [-0.05, 0) is 25.7 Å². The summed E-state index contributed by atoms with van der Waals surface area (Å²) < 4.78 is 5.13.